The van der Waals surface area contributed by atoms with Gasteiger partial charge in [-0.1, -0.05) is 18.7 Å². The lowest BCUT2D eigenvalue weighted by Crippen LogP contribution is -2.14. The summed E-state index contributed by atoms with van der Waals surface area (Å²) in [6.07, 6.45) is 0.988. The van der Waals surface area contributed by atoms with Crippen LogP contribution in [0.25, 0.3) is 0 Å². The number of nitrogens with one attached hydrogen (secondary N) is 1. The molecule has 0 spiro atoms. The van der Waals surface area contributed by atoms with Crippen LogP contribution in [0.1, 0.15) is 24.6 Å². The first-order valence-corrected chi connectivity index (χ1v) is 8.08. The average molecular weight is 314 g/mol. The zero-order chi connectivity index (χ0) is 14.5. The van der Waals surface area contributed by atoms with Crippen LogP contribution in [0.15, 0.2) is 26.7 Å². The maximum Gasteiger partial charge on any atom is 0.155 e. The number of hydrogen-bond acceptors (Lipinski definition) is 4. The summed E-state index contributed by atoms with van der Waals surface area (Å²) >= 11 is 2.42. The van der Waals surface area contributed by atoms with E-state index in [0.29, 0.717) is 16.4 Å². The van der Waals surface area contributed by atoms with Gasteiger partial charge in [0.15, 0.2) is 4.34 Å². The molecule has 2 rings (SSSR count). The topological polar surface area (TPSA) is 24.9 Å². The van der Waals surface area contributed by atoms with Crippen LogP contribution in [-0.2, 0) is 6.54 Å². The molecule has 1 aromatic carbocycles. The monoisotopic (exact) mass is 314 g/mol. The average Bonchev–Trinajstić information content (AvgIpc) is 2.80. The van der Waals surface area contributed by atoms with Crippen molar-refractivity contribution in [3.63, 3.8) is 0 Å². The highest BCUT2D eigenvalue weighted by molar-refractivity contribution is 8.01. The van der Waals surface area contributed by atoms with Gasteiger partial charge in [-0.05, 0) is 37.6 Å². The maximum absolute atomic E-state index is 14.0. The summed E-state index contributed by atoms with van der Waals surface area (Å²) in [5, 5.41) is 4.99. The normalized spacial score (nSPS) is 11.0. The van der Waals surface area contributed by atoms with Crippen molar-refractivity contribution in [2.24, 2.45) is 0 Å². The lowest BCUT2D eigenvalue weighted by molar-refractivity contribution is 0.534. The van der Waals surface area contributed by atoms with E-state index in [1.807, 2.05) is 19.2 Å². The third-order valence-corrected chi connectivity index (χ3v) is 4.75. The van der Waals surface area contributed by atoms with Crippen LogP contribution in [-0.4, -0.2) is 11.5 Å². The lowest BCUT2D eigenvalue weighted by Gasteiger charge is -2.07. The fourth-order valence-corrected chi connectivity index (χ4v) is 3.47. The standard InChI is InChI=1S/C14H16F2N2S2/c1-3-4-17-7-10-5-11(15)13(12(16)6-10)20-14-18-9(2)8-19-14/h5-6,8,17H,3-4,7H2,1-2H3. The molecule has 0 aliphatic rings. The van der Waals surface area contributed by atoms with E-state index in [1.165, 1.54) is 23.5 Å². The second-order valence-electron chi connectivity index (χ2n) is 4.42. The predicted octanol–water partition coefficient (Wildman–Crippen LogP) is 4.38. The number of aromatic nitrogens is 1. The van der Waals surface area contributed by atoms with Crippen LogP contribution in [0.4, 0.5) is 8.78 Å². The molecule has 6 heteroatoms. The Balaban J connectivity index is 2.14. The van der Waals surface area contributed by atoms with Crippen LogP contribution in [0.5, 0.6) is 0 Å². The minimum atomic E-state index is -0.531. The summed E-state index contributed by atoms with van der Waals surface area (Å²) in [5.41, 5.74) is 1.48. The Morgan fingerprint density at radius 3 is 2.55 bits per heavy atom. The highest BCUT2D eigenvalue weighted by Crippen LogP contribution is 2.34. The minimum Gasteiger partial charge on any atom is -0.313 e. The van der Waals surface area contributed by atoms with Crippen molar-refractivity contribution in [1.29, 1.82) is 0 Å². The molecule has 0 radical (unpaired) electrons. The molecule has 1 heterocycles. The maximum atomic E-state index is 14.0. The van der Waals surface area contributed by atoms with E-state index in [4.69, 9.17) is 0 Å². The third kappa shape index (κ3) is 4.01. The number of halogens is 2. The molecule has 108 valence electrons. The molecule has 0 unspecified atom stereocenters. The summed E-state index contributed by atoms with van der Waals surface area (Å²) < 4.78 is 28.7. The first kappa shape index (κ1) is 15.4. The highest BCUT2D eigenvalue weighted by atomic mass is 32.2. The Labute approximate surface area is 125 Å². The van der Waals surface area contributed by atoms with Gasteiger partial charge >= 0.3 is 0 Å². The largest absolute Gasteiger partial charge is 0.313 e. The molecular formula is C14H16F2N2S2. The molecule has 0 saturated heterocycles. The van der Waals surface area contributed by atoms with E-state index in [0.717, 1.165) is 30.4 Å². The van der Waals surface area contributed by atoms with Crippen molar-refractivity contribution in [2.45, 2.75) is 36.0 Å². The van der Waals surface area contributed by atoms with E-state index in [-0.39, 0.29) is 4.90 Å². The quantitative estimate of drug-likeness (QED) is 0.801. The summed E-state index contributed by atoms with van der Waals surface area (Å²) in [5.74, 6) is -1.06. The van der Waals surface area contributed by atoms with E-state index < -0.39 is 11.6 Å². The molecule has 0 amide bonds. The molecular weight excluding hydrogens is 298 g/mol. The van der Waals surface area contributed by atoms with Gasteiger partial charge in [-0.3, -0.25) is 0 Å². The van der Waals surface area contributed by atoms with E-state index in [1.54, 1.807) is 0 Å². The fourth-order valence-electron chi connectivity index (χ4n) is 1.69. The molecule has 0 bridgehead atoms. The smallest absolute Gasteiger partial charge is 0.155 e. The molecule has 0 atom stereocenters. The van der Waals surface area contributed by atoms with E-state index in [9.17, 15) is 8.78 Å². The van der Waals surface area contributed by atoms with Crippen LogP contribution in [0.2, 0.25) is 0 Å². The van der Waals surface area contributed by atoms with Gasteiger partial charge in [-0.15, -0.1) is 11.3 Å². The summed E-state index contributed by atoms with van der Waals surface area (Å²) in [6.45, 7) is 5.21. The van der Waals surface area contributed by atoms with Gasteiger partial charge < -0.3 is 5.32 Å². The van der Waals surface area contributed by atoms with Crippen molar-refractivity contribution in [2.75, 3.05) is 6.54 Å². The number of hydrogen-bond donors (Lipinski definition) is 1. The highest BCUT2D eigenvalue weighted by Gasteiger charge is 2.14. The second kappa shape index (κ2) is 7.15. The molecule has 0 aliphatic carbocycles. The van der Waals surface area contributed by atoms with Gasteiger partial charge in [-0.25, -0.2) is 13.8 Å². The molecule has 1 N–H and O–H groups in total. The predicted molar refractivity (Wildman–Crippen MR) is 79.3 cm³/mol. The Morgan fingerprint density at radius 2 is 2.00 bits per heavy atom. The molecule has 0 fully saturated rings. The number of thiazole rings is 1. The Kier molecular flexibility index (Phi) is 5.51. The minimum absolute atomic E-state index is 0.0126. The molecule has 20 heavy (non-hydrogen) atoms. The molecule has 1 aromatic heterocycles. The summed E-state index contributed by atoms with van der Waals surface area (Å²) in [6, 6.07) is 2.77. The molecule has 0 aliphatic heterocycles. The Bertz CT molecular complexity index is 561. The van der Waals surface area contributed by atoms with Gasteiger partial charge in [0, 0.05) is 17.6 Å². The van der Waals surface area contributed by atoms with Crippen LogP contribution in [0.3, 0.4) is 0 Å². The van der Waals surface area contributed by atoms with Crippen molar-refractivity contribution in [3.05, 3.63) is 40.4 Å². The fraction of sp³-hybridized carbons (Fsp3) is 0.357. The van der Waals surface area contributed by atoms with Crippen LogP contribution in [0, 0.1) is 18.6 Å². The van der Waals surface area contributed by atoms with Crippen molar-refractivity contribution in [1.82, 2.24) is 10.3 Å². The molecule has 0 saturated carbocycles. The number of aryl methyl sites for hydroxylation is 1. The van der Waals surface area contributed by atoms with Crippen LogP contribution >= 0.6 is 23.1 Å². The number of benzene rings is 1. The Hall–Kier alpha value is -0.980. The SMILES string of the molecule is CCCNCc1cc(F)c(Sc2nc(C)cs2)c(F)c1. The zero-order valence-corrected chi connectivity index (χ0v) is 13.0. The van der Waals surface area contributed by atoms with E-state index in [2.05, 4.69) is 10.3 Å². The summed E-state index contributed by atoms with van der Waals surface area (Å²) in [4.78, 5) is 4.22. The van der Waals surface area contributed by atoms with Crippen molar-refractivity contribution in [3.8, 4) is 0 Å². The third-order valence-electron chi connectivity index (χ3n) is 2.60. The van der Waals surface area contributed by atoms with Crippen LogP contribution < -0.4 is 5.32 Å². The lowest BCUT2D eigenvalue weighted by atomic mass is 10.2. The van der Waals surface area contributed by atoms with Crippen molar-refractivity contribution >= 4 is 23.1 Å². The molecule has 2 aromatic rings. The van der Waals surface area contributed by atoms with Gasteiger partial charge in [0.05, 0.1) is 4.90 Å². The van der Waals surface area contributed by atoms with E-state index >= 15 is 0 Å². The summed E-state index contributed by atoms with van der Waals surface area (Å²) in [7, 11) is 0. The number of nitrogens with zero attached hydrogens (tertiary/aromatic N) is 1. The zero-order valence-electron chi connectivity index (χ0n) is 11.4. The van der Waals surface area contributed by atoms with Crippen molar-refractivity contribution < 1.29 is 8.78 Å². The first-order chi connectivity index (χ1) is 9.60. The second-order valence-corrected chi connectivity index (χ2v) is 6.54. The Morgan fingerprint density at radius 1 is 1.30 bits per heavy atom. The first-order valence-electron chi connectivity index (χ1n) is 6.38. The van der Waals surface area contributed by atoms with Gasteiger partial charge in [0.25, 0.3) is 0 Å². The number of rotatable bonds is 6. The van der Waals surface area contributed by atoms with Gasteiger partial charge in [0.2, 0.25) is 0 Å². The van der Waals surface area contributed by atoms with Gasteiger partial charge in [-0.2, -0.15) is 0 Å². The van der Waals surface area contributed by atoms with Gasteiger partial charge in [0.1, 0.15) is 11.6 Å². The molecule has 2 nitrogen and oxygen atoms in total.